The number of phosphoric acid groups is 1. The summed E-state index contributed by atoms with van der Waals surface area (Å²) in [6.07, 6.45) is 58.6. The first-order chi connectivity index (χ1) is 28.3. The average Bonchev–Trinajstić information content (AvgIpc) is 3.21. The fourth-order valence-electron chi connectivity index (χ4n) is 4.70. The summed E-state index contributed by atoms with van der Waals surface area (Å²) >= 11 is 0. The highest BCUT2D eigenvalue weighted by atomic mass is 31.2. The zero-order valence-electron chi connectivity index (χ0n) is 35.4. The molecule has 0 aromatic carbocycles. The molecular formula is C48H75O9P. The highest BCUT2D eigenvalue weighted by Gasteiger charge is 2.26. The largest absolute Gasteiger partial charge is 0.472 e. The van der Waals surface area contributed by atoms with E-state index in [2.05, 4.69) is 141 Å². The standard InChI is InChI=1S/C48H75O9P/c1-3-5-7-9-11-13-15-17-19-21-22-23-25-27-29-31-33-35-37-39-41-54-44-47(45-56-58(52,53)55-43-46(50)42-49)57-48(51)40-38-36-34-32-30-28-26-24-20-18-16-14-12-10-8-6-4-2/h5-8,11-14,17-20,22-23,26-29,32-35,46-47,49-50H,3-4,9-10,15-16,21,24-25,30-31,36-45H2,1-2H3,(H,52,53)/b7-5-,8-6-,13-11-,14-12-,19-17-,20-18-,23-22-,28-26-,29-27-,34-32-,35-33-. The van der Waals surface area contributed by atoms with Crippen molar-refractivity contribution in [3.8, 4) is 0 Å². The minimum absolute atomic E-state index is 0.0243. The molecule has 0 fully saturated rings. The van der Waals surface area contributed by atoms with E-state index in [9.17, 15) is 19.4 Å². The topological polar surface area (TPSA) is 132 Å². The number of aliphatic hydroxyl groups excluding tert-OH is 2. The van der Waals surface area contributed by atoms with Gasteiger partial charge in [0.1, 0.15) is 12.2 Å². The molecule has 3 unspecified atom stereocenters. The van der Waals surface area contributed by atoms with Crippen molar-refractivity contribution in [1.29, 1.82) is 0 Å². The highest BCUT2D eigenvalue weighted by molar-refractivity contribution is 7.47. The molecule has 0 amide bonds. The third-order valence-electron chi connectivity index (χ3n) is 7.83. The van der Waals surface area contributed by atoms with Gasteiger partial charge in [0, 0.05) is 13.0 Å². The van der Waals surface area contributed by atoms with Gasteiger partial charge in [0.25, 0.3) is 0 Å². The number of allylic oxidation sites excluding steroid dienone is 22. The van der Waals surface area contributed by atoms with Crippen molar-refractivity contribution in [2.45, 2.75) is 129 Å². The molecule has 0 heterocycles. The lowest BCUT2D eigenvalue weighted by Gasteiger charge is -2.20. The Balaban J connectivity index is 4.44. The highest BCUT2D eigenvalue weighted by Crippen LogP contribution is 2.43. The van der Waals surface area contributed by atoms with E-state index in [4.69, 9.17) is 23.6 Å². The Hall–Kier alpha value is -3.40. The van der Waals surface area contributed by atoms with Crippen molar-refractivity contribution in [3.63, 3.8) is 0 Å². The van der Waals surface area contributed by atoms with Crippen LogP contribution in [0.1, 0.15) is 117 Å². The van der Waals surface area contributed by atoms with Crippen LogP contribution in [0.3, 0.4) is 0 Å². The van der Waals surface area contributed by atoms with Gasteiger partial charge < -0.3 is 24.6 Å². The summed E-state index contributed by atoms with van der Waals surface area (Å²) in [4.78, 5) is 22.5. The maximum Gasteiger partial charge on any atom is 0.472 e. The molecule has 9 nitrogen and oxygen atoms in total. The summed E-state index contributed by atoms with van der Waals surface area (Å²) < 4.78 is 33.2. The monoisotopic (exact) mass is 827 g/mol. The van der Waals surface area contributed by atoms with Crippen LogP contribution in [-0.2, 0) is 27.9 Å². The average molecular weight is 827 g/mol. The Morgan fingerprint density at radius 3 is 1.29 bits per heavy atom. The van der Waals surface area contributed by atoms with Crippen molar-refractivity contribution in [3.05, 3.63) is 134 Å². The quantitative estimate of drug-likeness (QED) is 0.0241. The van der Waals surface area contributed by atoms with Gasteiger partial charge in [-0.2, -0.15) is 0 Å². The lowest BCUT2D eigenvalue weighted by atomic mass is 10.2. The fourth-order valence-corrected chi connectivity index (χ4v) is 5.49. The molecule has 0 saturated heterocycles. The van der Waals surface area contributed by atoms with E-state index in [1.807, 2.05) is 6.08 Å². The summed E-state index contributed by atoms with van der Waals surface area (Å²) in [7, 11) is -4.56. The van der Waals surface area contributed by atoms with Gasteiger partial charge in [-0.1, -0.05) is 148 Å². The van der Waals surface area contributed by atoms with Crippen LogP contribution in [0.5, 0.6) is 0 Å². The maximum atomic E-state index is 12.6. The number of aliphatic hydroxyl groups is 2. The Kier molecular flexibility index (Phi) is 40.7. The second-order valence-electron chi connectivity index (χ2n) is 13.2. The number of hydrogen-bond donors (Lipinski definition) is 3. The number of carbonyl (C=O) groups is 1. The van der Waals surface area contributed by atoms with E-state index < -0.39 is 45.8 Å². The van der Waals surface area contributed by atoms with Gasteiger partial charge in [0.2, 0.25) is 0 Å². The predicted molar refractivity (Wildman–Crippen MR) is 241 cm³/mol. The van der Waals surface area contributed by atoms with Gasteiger partial charge in [-0.05, 0) is 96.3 Å². The number of hydrogen-bond acceptors (Lipinski definition) is 8. The van der Waals surface area contributed by atoms with Crippen molar-refractivity contribution < 1.29 is 43.0 Å². The van der Waals surface area contributed by atoms with Crippen LogP contribution in [0.4, 0.5) is 0 Å². The summed E-state index contributed by atoms with van der Waals surface area (Å²) in [6, 6.07) is 0. The van der Waals surface area contributed by atoms with Crippen LogP contribution in [0.25, 0.3) is 0 Å². The zero-order chi connectivity index (χ0) is 42.5. The van der Waals surface area contributed by atoms with Crippen LogP contribution in [0.15, 0.2) is 134 Å². The van der Waals surface area contributed by atoms with E-state index in [1.54, 1.807) is 0 Å². The SMILES string of the molecule is CC/C=C\C/C=C\C/C=C\C/C=C\C/C=C\C/C=C\CCCOCC(COP(=O)(O)OCC(O)CO)OC(=O)CCC/C=C\C/C=C\C/C=C\C/C=C\C/C=C\CC. The van der Waals surface area contributed by atoms with Gasteiger partial charge in [-0.25, -0.2) is 4.57 Å². The Labute approximate surface area is 351 Å². The summed E-state index contributed by atoms with van der Waals surface area (Å²) in [5.41, 5.74) is 0. The van der Waals surface area contributed by atoms with E-state index >= 15 is 0 Å². The molecule has 0 aromatic rings. The number of unbranched alkanes of at least 4 members (excludes halogenated alkanes) is 2. The first kappa shape index (κ1) is 54.6. The molecule has 0 aromatic heterocycles. The Bertz CT molecular complexity index is 1350. The third kappa shape index (κ3) is 42.2. The molecule has 0 radical (unpaired) electrons. The Morgan fingerprint density at radius 1 is 0.534 bits per heavy atom. The predicted octanol–water partition coefficient (Wildman–Crippen LogP) is 11.8. The first-order valence-electron chi connectivity index (χ1n) is 21.2. The van der Waals surface area contributed by atoms with Crippen LogP contribution >= 0.6 is 7.82 Å². The first-order valence-corrected chi connectivity index (χ1v) is 22.7. The third-order valence-corrected chi connectivity index (χ3v) is 8.78. The van der Waals surface area contributed by atoms with Crippen LogP contribution in [-0.4, -0.2) is 66.3 Å². The molecule has 0 spiro atoms. The lowest BCUT2D eigenvalue weighted by Crippen LogP contribution is -2.29. The molecule has 326 valence electrons. The smallest absolute Gasteiger partial charge is 0.457 e. The summed E-state index contributed by atoms with van der Waals surface area (Å²) in [5.74, 6) is -0.466. The number of carbonyl (C=O) groups excluding carboxylic acids is 1. The van der Waals surface area contributed by atoms with Gasteiger partial charge in [0.05, 0.1) is 26.4 Å². The van der Waals surface area contributed by atoms with E-state index in [-0.39, 0.29) is 13.0 Å². The number of esters is 1. The number of phosphoric ester groups is 1. The molecule has 0 saturated carbocycles. The molecule has 0 aliphatic heterocycles. The number of rotatable bonds is 38. The van der Waals surface area contributed by atoms with Crippen LogP contribution in [0, 0.1) is 0 Å². The van der Waals surface area contributed by atoms with Crippen LogP contribution in [0.2, 0.25) is 0 Å². The normalized spacial score (nSPS) is 15.3. The molecule has 3 N–H and O–H groups in total. The van der Waals surface area contributed by atoms with Crippen LogP contribution < -0.4 is 0 Å². The van der Waals surface area contributed by atoms with E-state index in [0.717, 1.165) is 83.5 Å². The van der Waals surface area contributed by atoms with Crippen molar-refractivity contribution in [1.82, 2.24) is 0 Å². The van der Waals surface area contributed by atoms with Gasteiger partial charge in [0.15, 0.2) is 0 Å². The lowest BCUT2D eigenvalue weighted by molar-refractivity contribution is -0.154. The van der Waals surface area contributed by atoms with E-state index in [0.29, 0.717) is 19.4 Å². The molecule has 0 bridgehead atoms. The minimum Gasteiger partial charge on any atom is -0.457 e. The second-order valence-corrected chi connectivity index (χ2v) is 14.7. The van der Waals surface area contributed by atoms with Gasteiger partial charge in [-0.15, -0.1) is 0 Å². The minimum atomic E-state index is -4.56. The summed E-state index contributed by atoms with van der Waals surface area (Å²) in [5, 5.41) is 18.3. The molecular weight excluding hydrogens is 751 g/mol. The van der Waals surface area contributed by atoms with Crippen molar-refractivity contribution in [2.24, 2.45) is 0 Å². The van der Waals surface area contributed by atoms with Gasteiger partial charge >= 0.3 is 13.8 Å². The molecule has 0 aliphatic carbocycles. The summed E-state index contributed by atoms with van der Waals surface area (Å²) in [6.45, 7) is 3.00. The van der Waals surface area contributed by atoms with Crippen molar-refractivity contribution in [2.75, 3.05) is 33.0 Å². The van der Waals surface area contributed by atoms with Crippen molar-refractivity contribution >= 4 is 13.8 Å². The number of ether oxygens (including phenoxy) is 2. The maximum absolute atomic E-state index is 12.6. The molecule has 0 rings (SSSR count). The molecule has 10 heteroatoms. The fraction of sp³-hybridized carbons (Fsp3) is 0.521. The Morgan fingerprint density at radius 2 is 0.897 bits per heavy atom. The van der Waals surface area contributed by atoms with Gasteiger partial charge in [-0.3, -0.25) is 13.8 Å². The second kappa shape index (κ2) is 43.2. The zero-order valence-corrected chi connectivity index (χ0v) is 36.3. The molecule has 3 atom stereocenters. The van der Waals surface area contributed by atoms with E-state index in [1.165, 1.54) is 0 Å². The molecule has 58 heavy (non-hydrogen) atoms. The molecule has 0 aliphatic rings.